The van der Waals surface area contributed by atoms with E-state index in [2.05, 4.69) is 26.2 Å². The second kappa shape index (κ2) is 5.45. The van der Waals surface area contributed by atoms with Crippen LogP contribution >= 0.6 is 15.9 Å². The average Bonchev–Trinajstić information content (AvgIpc) is 2.80. The van der Waals surface area contributed by atoms with Crippen LogP contribution in [0.5, 0.6) is 0 Å². The summed E-state index contributed by atoms with van der Waals surface area (Å²) in [6, 6.07) is 4.45. The van der Waals surface area contributed by atoms with Crippen molar-refractivity contribution in [3.8, 4) is 0 Å². The molecule has 0 aliphatic carbocycles. The molecule has 1 aromatic carbocycles. The molecule has 0 amide bonds. The lowest BCUT2D eigenvalue weighted by Gasteiger charge is -2.04. The molecule has 0 radical (unpaired) electrons. The molecule has 8 heteroatoms. The predicted molar refractivity (Wildman–Crippen MR) is 72.5 cm³/mol. The Balaban J connectivity index is 2.20. The van der Waals surface area contributed by atoms with Crippen LogP contribution in [-0.4, -0.2) is 19.9 Å². The van der Waals surface area contributed by atoms with Crippen LogP contribution in [0.3, 0.4) is 0 Å². The van der Waals surface area contributed by atoms with Crippen LogP contribution in [0.4, 0.5) is 5.69 Å². The van der Waals surface area contributed by atoms with Crippen LogP contribution < -0.4 is 5.73 Å². The molecular formula is C11H12BrN5O2. The summed E-state index contributed by atoms with van der Waals surface area (Å²) in [5, 5.41) is 18.6. The standard InChI is InChI=1S/C11H12BrN5O2/c1-7(13)11-6-16(15-14-11)5-8-2-3-9(17(18)19)4-10(8)12/h2-4,6-7H,5,13H2,1H3. The number of hydrogen-bond acceptors (Lipinski definition) is 5. The predicted octanol–water partition coefficient (Wildman–Crippen LogP) is 2.02. The Morgan fingerprint density at radius 2 is 2.32 bits per heavy atom. The number of non-ortho nitro benzene ring substituents is 1. The lowest BCUT2D eigenvalue weighted by atomic mass is 10.2. The van der Waals surface area contributed by atoms with Gasteiger partial charge in [-0.2, -0.15) is 0 Å². The molecule has 0 spiro atoms. The number of nitro groups is 1. The topological polar surface area (TPSA) is 99.9 Å². The number of nitrogens with two attached hydrogens (primary N) is 1. The van der Waals surface area contributed by atoms with Crippen LogP contribution in [-0.2, 0) is 6.54 Å². The van der Waals surface area contributed by atoms with Gasteiger partial charge < -0.3 is 5.73 Å². The van der Waals surface area contributed by atoms with Crippen molar-refractivity contribution in [2.24, 2.45) is 5.73 Å². The highest BCUT2D eigenvalue weighted by Gasteiger charge is 2.11. The van der Waals surface area contributed by atoms with Crippen molar-refractivity contribution in [1.82, 2.24) is 15.0 Å². The van der Waals surface area contributed by atoms with Gasteiger partial charge in [-0.3, -0.25) is 10.1 Å². The van der Waals surface area contributed by atoms with E-state index < -0.39 is 4.92 Å². The summed E-state index contributed by atoms with van der Waals surface area (Å²) in [6.45, 7) is 2.30. The molecule has 1 heterocycles. The fourth-order valence-corrected chi connectivity index (χ4v) is 2.04. The Hall–Kier alpha value is -1.80. The van der Waals surface area contributed by atoms with Crippen LogP contribution in [0.15, 0.2) is 28.9 Å². The summed E-state index contributed by atoms with van der Waals surface area (Å²) in [7, 11) is 0. The van der Waals surface area contributed by atoms with Gasteiger partial charge in [0.1, 0.15) is 0 Å². The molecule has 0 aliphatic heterocycles. The van der Waals surface area contributed by atoms with Gasteiger partial charge in [0.05, 0.1) is 23.4 Å². The Morgan fingerprint density at radius 1 is 1.58 bits per heavy atom. The number of nitrogens with zero attached hydrogens (tertiary/aromatic N) is 4. The molecule has 2 rings (SSSR count). The van der Waals surface area contributed by atoms with Crippen LogP contribution in [0.2, 0.25) is 0 Å². The van der Waals surface area contributed by atoms with E-state index in [4.69, 9.17) is 5.73 Å². The molecule has 0 aliphatic rings. The van der Waals surface area contributed by atoms with E-state index in [1.807, 2.05) is 6.92 Å². The first kappa shape index (κ1) is 13.6. The smallest absolute Gasteiger partial charge is 0.270 e. The second-order valence-electron chi connectivity index (χ2n) is 4.16. The van der Waals surface area contributed by atoms with Gasteiger partial charge in [0.15, 0.2) is 0 Å². The summed E-state index contributed by atoms with van der Waals surface area (Å²) in [6.07, 6.45) is 1.76. The van der Waals surface area contributed by atoms with Gasteiger partial charge in [-0.25, -0.2) is 4.68 Å². The van der Waals surface area contributed by atoms with Crippen molar-refractivity contribution in [3.05, 3.63) is 50.2 Å². The lowest BCUT2D eigenvalue weighted by Crippen LogP contribution is -2.05. The Morgan fingerprint density at radius 3 is 2.84 bits per heavy atom. The van der Waals surface area contributed by atoms with Crippen LogP contribution in [0, 0.1) is 10.1 Å². The van der Waals surface area contributed by atoms with Crippen molar-refractivity contribution >= 4 is 21.6 Å². The van der Waals surface area contributed by atoms with Gasteiger partial charge >= 0.3 is 0 Å². The molecule has 7 nitrogen and oxygen atoms in total. The number of hydrogen-bond donors (Lipinski definition) is 1. The third-order valence-electron chi connectivity index (χ3n) is 2.60. The summed E-state index contributed by atoms with van der Waals surface area (Å²) in [4.78, 5) is 10.2. The summed E-state index contributed by atoms with van der Waals surface area (Å²) >= 11 is 3.32. The molecule has 2 N–H and O–H groups in total. The fourth-order valence-electron chi connectivity index (χ4n) is 1.55. The molecular weight excluding hydrogens is 314 g/mol. The zero-order chi connectivity index (χ0) is 14.0. The summed E-state index contributed by atoms with van der Waals surface area (Å²) < 4.78 is 2.31. The summed E-state index contributed by atoms with van der Waals surface area (Å²) in [5.74, 6) is 0. The van der Waals surface area contributed by atoms with Crippen molar-refractivity contribution < 1.29 is 4.92 Å². The Bertz CT molecular complexity index is 611. The zero-order valence-corrected chi connectivity index (χ0v) is 11.7. The lowest BCUT2D eigenvalue weighted by molar-refractivity contribution is -0.384. The van der Waals surface area contributed by atoms with Crippen molar-refractivity contribution in [2.45, 2.75) is 19.5 Å². The van der Waals surface area contributed by atoms with E-state index >= 15 is 0 Å². The minimum absolute atomic E-state index is 0.0467. The molecule has 0 saturated heterocycles. The molecule has 0 bridgehead atoms. The Kier molecular flexibility index (Phi) is 3.91. The molecule has 0 saturated carbocycles. The van der Waals surface area contributed by atoms with E-state index in [-0.39, 0.29) is 11.7 Å². The average molecular weight is 326 g/mol. The van der Waals surface area contributed by atoms with Crippen LogP contribution in [0.1, 0.15) is 24.2 Å². The van der Waals surface area contributed by atoms with Gasteiger partial charge in [0, 0.05) is 22.6 Å². The van der Waals surface area contributed by atoms with Gasteiger partial charge in [0.2, 0.25) is 0 Å². The van der Waals surface area contributed by atoms with Crippen molar-refractivity contribution in [1.29, 1.82) is 0 Å². The highest BCUT2D eigenvalue weighted by Crippen LogP contribution is 2.23. The molecule has 19 heavy (non-hydrogen) atoms. The number of aromatic nitrogens is 3. The van der Waals surface area contributed by atoms with E-state index in [9.17, 15) is 10.1 Å². The second-order valence-corrected chi connectivity index (χ2v) is 5.02. The van der Waals surface area contributed by atoms with Crippen LogP contribution in [0.25, 0.3) is 0 Å². The summed E-state index contributed by atoms with van der Waals surface area (Å²) in [5.41, 5.74) is 7.34. The van der Waals surface area contributed by atoms with Crippen molar-refractivity contribution in [3.63, 3.8) is 0 Å². The maximum absolute atomic E-state index is 10.6. The molecule has 1 aromatic heterocycles. The molecule has 1 unspecified atom stereocenters. The van der Waals surface area contributed by atoms with Gasteiger partial charge in [-0.15, -0.1) is 5.10 Å². The first-order valence-corrected chi connectivity index (χ1v) is 6.35. The zero-order valence-electron chi connectivity index (χ0n) is 10.2. The third kappa shape index (κ3) is 3.15. The van der Waals surface area contributed by atoms with Gasteiger partial charge in [0.25, 0.3) is 5.69 Å². The SMILES string of the molecule is CC(N)c1cn(Cc2ccc([N+](=O)[O-])cc2Br)nn1. The minimum atomic E-state index is -0.432. The molecule has 2 aromatic rings. The largest absolute Gasteiger partial charge is 0.323 e. The maximum atomic E-state index is 10.6. The number of rotatable bonds is 4. The number of halogens is 1. The first-order chi connectivity index (χ1) is 8.97. The monoisotopic (exact) mass is 325 g/mol. The van der Waals surface area contributed by atoms with E-state index in [1.165, 1.54) is 12.1 Å². The van der Waals surface area contributed by atoms with Crippen molar-refractivity contribution in [2.75, 3.05) is 0 Å². The first-order valence-electron chi connectivity index (χ1n) is 5.56. The maximum Gasteiger partial charge on any atom is 0.270 e. The number of nitro benzene ring substituents is 1. The highest BCUT2D eigenvalue weighted by atomic mass is 79.9. The minimum Gasteiger partial charge on any atom is -0.323 e. The third-order valence-corrected chi connectivity index (χ3v) is 3.34. The van der Waals surface area contributed by atoms with E-state index in [0.717, 1.165) is 5.56 Å². The normalized spacial score (nSPS) is 12.4. The van der Waals surface area contributed by atoms with Gasteiger partial charge in [-0.1, -0.05) is 21.1 Å². The van der Waals surface area contributed by atoms with E-state index in [0.29, 0.717) is 16.7 Å². The molecule has 100 valence electrons. The Labute approximate surface area is 117 Å². The van der Waals surface area contributed by atoms with E-state index in [1.54, 1.807) is 16.9 Å². The molecule has 0 fully saturated rings. The highest BCUT2D eigenvalue weighted by molar-refractivity contribution is 9.10. The van der Waals surface area contributed by atoms with Gasteiger partial charge in [-0.05, 0) is 18.6 Å². The fraction of sp³-hybridized carbons (Fsp3) is 0.273. The number of benzene rings is 1. The quantitative estimate of drug-likeness (QED) is 0.684. The molecule has 1 atom stereocenters.